The minimum Gasteiger partial charge on any atom is -0.333 e. The smallest absolute Gasteiger partial charge is 0.166 e. The molecule has 1 fully saturated rings. The lowest BCUT2D eigenvalue weighted by atomic mass is 9.95. The Morgan fingerprint density at radius 1 is 1.35 bits per heavy atom. The van der Waals surface area contributed by atoms with Crippen LogP contribution in [0.25, 0.3) is 11.0 Å². The normalized spacial score (nSPS) is 23.2. The Balaban J connectivity index is 1.61. The number of thioether (sulfide) groups is 1. The number of aromatic nitrogens is 2. The van der Waals surface area contributed by atoms with Gasteiger partial charge in [0.2, 0.25) is 0 Å². The van der Waals surface area contributed by atoms with Crippen LogP contribution in [0, 0.1) is 0 Å². The van der Waals surface area contributed by atoms with E-state index in [9.17, 15) is 0 Å². The lowest BCUT2D eigenvalue weighted by Gasteiger charge is -2.28. The zero-order valence-electron chi connectivity index (χ0n) is 12.1. The molecule has 1 heterocycles. The maximum atomic E-state index is 4.68. The van der Waals surface area contributed by atoms with E-state index in [4.69, 9.17) is 0 Å². The van der Waals surface area contributed by atoms with Gasteiger partial charge >= 0.3 is 0 Å². The van der Waals surface area contributed by atoms with Crippen LogP contribution in [0.3, 0.4) is 0 Å². The fourth-order valence-corrected chi connectivity index (χ4v) is 4.18. The summed E-state index contributed by atoms with van der Waals surface area (Å²) in [4.78, 5) is 8.11. The molecule has 2 unspecified atom stereocenters. The molecule has 0 amide bonds. The molecule has 2 aromatic rings. The van der Waals surface area contributed by atoms with Crippen LogP contribution in [-0.4, -0.2) is 27.8 Å². The van der Waals surface area contributed by atoms with E-state index in [-0.39, 0.29) is 0 Å². The number of nitrogens with one attached hydrogen (secondary N) is 2. The maximum Gasteiger partial charge on any atom is 0.166 e. The Hall–Kier alpha value is -1.00. The minimum absolute atomic E-state index is 0.693. The van der Waals surface area contributed by atoms with Gasteiger partial charge in [-0.1, -0.05) is 37.2 Å². The number of para-hydroxylation sites is 2. The summed E-state index contributed by atoms with van der Waals surface area (Å²) in [7, 11) is 0. The Kier molecular flexibility index (Phi) is 4.63. The fraction of sp³-hybridized carbons (Fsp3) is 0.562. The van der Waals surface area contributed by atoms with Gasteiger partial charge in [0, 0.05) is 11.3 Å². The summed E-state index contributed by atoms with van der Waals surface area (Å²) in [6.45, 7) is 3.38. The van der Waals surface area contributed by atoms with E-state index in [1.807, 2.05) is 17.8 Å². The summed E-state index contributed by atoms with van der Waals surface area (Å²) in [5.41, 5.74) is 2.22. The first-order chi connectivity index (χ1) is 9.85. The van der Waals surface area contributed by atoms with Gasteiger partial charge in [0.25, 0.3) is 0 Å². The molecule has 2 atom stereocenters. The molecule has 3 rings (SSSR count). The highest BCUT2D eigenvalue weighted by Gasteiger charge is 2.23. The van der Waals surface area contributed by atoms with Gasteiger partial charge in [-0.2, -0.15) is 0 Å². The van der Waals surface area contributed by atoms with Gasteiger partial charge < -0.3 is 10.3 Å². The van der Waals surface area contributed by atoms with Crippen molar-refractivity contribution in [2.45, 2.75) is 55.5 Å². The summed E-state index contributed by atoms with van der Waals surface area (Å²) in [5, 5.41) is 5.44. The third-order valence-electron chi connectivity index (χ3n) is 3.96. The minimum atomic E-state index is 0.693. The maximum absolute atomic E-state index is 4.68. The van der Waals surface area contributed by atoms with Gasteiger partial charge in [-0.3, -0.25) is 0 Å². The number of hydrogen-bond donors (Lipinski definition) is 2. The van der Waals surface area contributed by atoms with Crippen molar-refractivity contribution in [3.8, 4) is 0 Å². The third-order valence-corrected chi connectivity index (χ3v) is 5.13. The lowest BCUT2D eigenvalue weighted by Crippen LogP contribution is -2.35. The molecule has 1 aromatic heterocycles. The van der Waals surface area contributed by atoms with Crippen LogP contribution in [0.4, 0.5) is 0 Å². The third kappa shape index (κ3) is 3.36. The van der Waals surface area contributed by atoms with Crippen molar-refractivity contribution in [2.24, 2.45) is 0 Å². The predicted molar refractivity (Wildman–Crippen MR) is 86.3 cm³/mol. The summed E-state index contributed by atoms with van der Waals surface area (Å²) in [6.07, 6.45) is 6.46. The van der Waals surface area contributed by atoms with E-state index in [2.05, 4.69) is 40.4 Å². The topological polar surface area (TPSA) is 40.7 Å². The van der Waals surface area contributed by atoms with Crippen molar-refractivity contribution in [1.82, 2.24) is 15.3 Å². The largest absolute Gasteiger partial charge is 0.333 e. The molecule has 3 nitrogen and oxygen atoms in total. The van der Waals surface area contributed by atoms with Crippen molar-refractivity contribution in [3.05, 3.63) is 24.3 Å². The predicted octanol–water partition coefficient (Wildman–Crippen LogP) is 3.97. The molecule has 0 bridgehead atoms. The van der Waals surface area contributed by atoms with Crippen molar-refractivity contribution in [1.29, 1.82) is 0 Å². The second-order valence-electron chi connectivity index (χ2n) is 5.62. The first-order valence-electron chi connectivity index (χ1n) is 7.70. The lowest BCUT2D eigenvalue weighted by molar-refractivity contribution is 0.381. The molecule has 0 saturated heterocycles. The van der Waals surface area contributed by atoms with E-state index in [0.717, 1.165) is 22.7 Å². The number of benzene rings is 1. The highest BCUT2D eigenvalue weighted by atomic mass is 32.2. The molecule has 20 heavy (non-hydrogen) atoms. The van der Waals surface area contributed by atoms with Crippen molar-refractivity contribution in [3.63, 3.8) is 0 Å². The van der Waals surface area contributed by atoms with Crippen LogP contribution in [0.2, 0.25) is 0 Å². The molecule has 1 saturated carbocycles. The first-order valence-corrected chi connectivity index (χ1v) is 8.58. The Morgan fingerprint density at radius 3 is 3.10 bits per heavy atom. The number of fused-ring (bicyclic) bond motifs is 1. The molecular weight excluding hydrogens is 266 g/mol. The molecule has 2 N–H and O–H groups in total. The van der Waals surface area contributed by atoms with E-state index in [1.165, 1.54) is 32.1 Å². The van der Waals surface area contributed by atoms with Gasteiger partial charge in [0.1, 0.15) is 0 Å². The van der Waals surface area contributed by atoms with E-state index in [0.29, 0.717) is 11.3 Å². The SMILES string of the molecule is CCCNC1CCCC(Sc2nc3ccccc3[nH]2)C1. The average molecular weight is 289 g/mol. The first kappa shape index (κ1) is 14.0. The number of imidazole rings is 1. The number of aromatic amines is 1. The molecule has 1 aliphatic carbocycles. The van der Waals surface area contributed by atoms with Crippen molar-refractivity contribution < 1.29 is 0 Å². The molecule has 0 spiro atoms. The molecule has 4 heteroatoms. The average Bonchev–Trinajstić information content (AvgIpc) is 2.87. The summed E-state index contributed by atoms with van der Waals surface area (Å²) in [5.74, 6) is 0. The van der Waals surface area contributed by atoms with Crippen LogP contribution in [0.15, 0.2) is 29.4 Å². The van der Waals surface area contributed by atoms with Crippen LogP contribution in [-0.2, 0) is 0 Å². The van der Waals surface area contributed by atoms with Crippen LogP contribution in [0.1, 0.15) is 39.0 Å². The number of H-pyrrole nitrogens is 1. The van der Waals surface area contributed by atoms with Gasteiger partial charge in [-0.05, 0) is 44.4 Å². The second-order valence-corrected chi connectivity index (χ2v) is 6.91. The Bertz CT molecular complexity index is 518. The van der Waals surface area contributed by atoms with Gasteiger partial charge in [-0.25, -0.2) is 4.98 Å². The Morgan fingerprint density at radius 2 is 2.25 bits per heavy atom. The molecular formula is C16H23N3S. The second kappa shape index (κ2) is 6.64. The van der Waals surface area contributed by atoms with Crippen molar-refractivity contribution >= 4 is 22.8 Å². The van der Waals surface area contributed by atoms with Crippen LogP contribution >= 0.6 is 11.8 Å². The number of rotatable bonds is 5. The summed E-state index contributed by atoms with van der Waals surface area (Å²) < 4.78 is 0. The summed E-state index contributed by atoms with van der Waals surface area (Å²) in [6, 6.07) is 8.97. The van der Waals surface area contributed by atoms with E-state index < -0.39 is 0 Å². The molecule has 108 valence electrons. The zero-order chi connectivity index (χ0) is 13.8. The van der Waals surface area contributed by atoms with Gasteiger partial charge in [0.15, 0.2) is 5.16 Å². The molecule has 1 aromatic carbocycles. The van der Waals surface area contributed by atoms with Gasteiger partial charge in [-0.15, -0.1) is 0 Å². The molecule has 0 radical (unpaired) electrons. The molecule has 0 aliphatic heterocycles. The van der Waals surface area contributed by atoms with E-state index in [1.54, 1.807) is 0 Å². The zero-order valence-corrected chi connectivity index (χ0v) is 12.9. The van der Waals surface area contributed by atoms with Crippen LogP contribution < -0.4 is 5.32 Å². The molecule has 1 aliphatic rings. The fourth-order valence-electron chi connectivity index (χ4n) is 2.93. The number of hydrogen-bond acceptors (Lipinski definition) is 3. The quantitative estimate of drug-likeness (QED) is 0.875. The van der Waals surface area contributed by atoms with Crippen molar-refractivity contribution in [2.75, 3.05) is 6.54 Å². The Labute approximate surface area is 124 Å². The summed E-state index contributed by atoms with van der Waals surface area (Å²) >= 11 is 1.92. The van der Waals surface area contributed by atoms with E-state index >= 15 is 0 Å². The standard InChI is InChI=1S/C16H23N3S/c1-2-10-17-12-6-5-7-13(11-12)20-16-18-14-8-3-4-9-15(14)19-16/h3-4,8-9,12-13,17H,2,5-7,10-11H2,1H3,(H,18,19). The monoisotopic (exact) mass is 289 g/mol. The number of nitrogens with zero attached hydrogens (tertiary/aromatic N) is 1. The highest BCUT2D eigenvalue weighted by molar-refractivity contribution is 7.99. The highest BCUT2D eigenvalue weighted by Crippen LogP contribution is 2.33. The van der Waals surface area contributed by atoms with Gasteiger partial charge in [0.05, 0.1) is 11.0 Å². The van der Waals surface area contributed by atoms with Crippen LogP contribution in [0.5, 0.6) is 0 Å².